The van der Waals surface area contributed by atoms with Crippen molar-refractivity contribution in [1.29, 1.82) is 0 Å². The van der Waals surface area contributed by atoms with Gasteiger partial charge < -0.3 is 10.4 Å². The first-order valence-electron chi connectivity index (χ1n) is 5.30. The summed E-state index contributed by atoms with van der Waals surface area (Å²) in [5, 5.41) is 13.7. The number of hydrogen-bond donors (Lipinski definition) is 2. The summed E-state index contributed by atoms with van der Waals surface area (Å²) in [6.45, 7) is 2.73. The molecule has 0 aliphatic heterocycles. The van der Waals surface area contributed by atoms with Crippen molar-refractivity contribution in [3.8, 4) is 0 Å². The van der Waals surface area contributed by atoms with Crippen molar-refractivity contribution < 1.29 is 9.90 Å². The van der Waals surface area contributed by atoms with Crippen molar-refractivity contribution in [2.24, 2.45) is 5.92 Å². The van der Waals surface area contributed by atoms with Gasteiger partial charge in [0.2, 0.25) is 5.91 Å². The fourth-order valence-corrected chi connectivity index (χ4v) is 3.39. The second kappa shape index (κ2) is 8.13. The van der Waals surface area contributed by atoms with Crippen LogP contribution in [-0.2, 0) is 11.3 Å². The van der Waals surface area contributed by atoms with Gasteiger partial charge in [-0.05, 0) is 33.7 Å². The summed E-state index contributed by atoms with van der Waals surface area (Å²) >= 11 is 6.55. The van der Waals surface area contributed by atoms with Gasteiger partial charge in [-0.15, -0.1) is 11.3 Å². The maximum atomic E-state index is 11.5. The first-order valence-corrected chi connectivity index (χ1v) is 8.12. The van der Waals surface area contributed by atoms with E-state index in [0.29, 0.717) is 12.3 Å². The molecule has 1 atom stereocenters. The Morgan fingerprint density at radius 1 is 1.71 bits per heavy atom. The topological polar surface area (TPSA) is 49.3 Å². The van der Waals surface area contributed by atoms with Gasteiger partial charge in [0.15, 0.2) is 0 Å². The largest absolute Gasteiger partial charge is 0.396 e. The molecule has 0 spiro atoms. The number of thioether (sulfide) groups is 1. The highest BCUT2D eigenvalue weighted by Crippen LogP contribution is 2.19. The highest BCUT2D eigenvalue weighted by Gasteiger charge is 2.05. The predicted octanol–water partition coefficient (Wildman–Crippen LogP) is 2.49. The second-order valence-corrected chi connectivity index (χ2v) is 6.75. The summed E-state index contributed by atoms with van der Waals surface area (Å²) in [5.74, 6) is 1.57. The van der Waals surface area contributed by atoms with E-state index >= 15 is 0 Å². The van der Waals surface area contributed by atoms with Crippen LogP contribution in [0.15, 0.2) is 15.9 Å². The van der Waals surface area contributed by atoms with E-state index in [1.165, 1.54) is 0 Å². The van der Waals surface area contributed by atoms with Crippen LogP contribution in [0.3, 0.4) is 0 Å². The number of amides is 1. The number of hydrogen-bond acceptors (Lipinski definition) is 4. The first kappa shape index (κ1) is 15.0. The third-order valence-corrected chi connectivity index (χ3v) is 5.00. The zero-order valence-corrected chi connectivity index (χ0v) is 12.8. The standard InChI is InChI=1S/C11H16BrNO2S2/c1-8(4-14)5-16-7-11(15)13-3-10-2-9(12)6-17-10/h2,6,8,14H,3-5,7H2,1H3,(H,13,15). The minimum atomic E-state index is 0.0460. The van der Waals surface area contributed by atoms with Crippen LogP contribution in [0.1, 0.15) is 11.8 Å². The Hall–Kier alpha value is -0.0400. The molecule has 1 unspecified atom stereocenters. The zero-order valence-electron chi connectivity index (χ0n) is 9.61. The fraction of sp³-hybridized carbons (Fsp3) is 0.545. The van der Waals surface area contributed by atoms with Crippen molar-refractivity contribution in [2.75, 3.05) is 18.1 Å². The third-order valence-electron chi connectivity index (χ3n) is 2.03. The zero-order chi connectivity index (χ0) is 12.7. The maximum Gasteiger partial charge on any atom is 0.230 e. The molecule has 1 rings (SSSR count). The Balaban J connectivity index is 2.13. The fourth-order valence-electron chi connectivity index (χ4n) is 1.09. The summed E-state index contributed by atoms with van der Waals surface area (Å²) in [4.78, 5) is 12.6. The number of rotatable bonds is 7. The van der Waals surface area contributed by atoms with Gasteiger partial charge in [-0.1, -0.05) is 6.92 Å². The number of nitrogens with one attached hydrogen (secondary N) is 1. The van der Waals surface area contributed by atoms with E-state index in [9.17, 15) is 4.79 Å². The molecule has 0 fully saturated rings. The third kappa shape index (κ3) is 6.45. The van der Waals surface area contributed by atoms with E-state index in [1.54, 1.807) is 23.1 Å². The molecule has 1 aromatic heterocycles. The Bertz CT molecular complexity index is 357. The molecule has 1 aromatic rings. The number of aliphatic hydroxyl groups excluding tert-OH is 1. The Kier molecular flexibility index (Phi) is 7.18. The van der Waals surface area contributed by atoms with Gasteiger partial charge in [-0.2, -0.15) is 11.8 Å². The quantitative estimate of drug-likeness (QED) is 0.803. The van der Waals surface area contributed by atoms with E-state index in [-0.39, 0.29) is 18.4 Å². The number of carbonyl (C=O) groups is 1. The van der Waals surface area contributed by atoms with Crippen molar-refractivity contribution >= 4 is 44.9 Å². The summed E-state index contributed by atoms with van der Waals surface area (Å²) in [6.07, 6.45) is 0. The van der Waals surface area contributed by atoms with Crippen LogP contribution < -0.4 is 5.32 Å². The molecule has 6 heteroatoms. The number of carbonyl (C=O) groups excluding carboxylic acids is 1. The summed E-state index contributed by atoms with van der Waals surface area (Å²) in [5.41, 5.74) is 0. The number of halogens is 1. The number of aliphatic hydroxyl groups is 1. The molecule has 0 aliphatic rings. The lowest BCUT2D eigenvalue weighted by Crippen LogP contribution is -2.24. The van der Waals surface area contributed by atoms with E-state index in [2.05, 4.69) is 21.2 Å². The van der Waals surface area contributed by atoms with Gasteiger partial charge in [0.1, 0.15) is 0 Å². The highest BCUT2D eigenvalue weighted by atomic mass is 79.9. The first-order chi connectivity index (χ1) is 8.11. The minimum absolute atomic E-state index is 0.0460. The van der Waals surface area contributed by atoms with E-state index in [1.807, 2.05) is 18.4 Å². The molecule has 96 valence electrons. The van der Waals surface area contributed by atoms with Crippen molar-refractivity contribution in [2.45, 2.75) is 13.5 Å². The molecule has 3 nitrogen and oxygen atoms in total. The molecule has 0 aliphatic carbocycles. The van der Waals surface area contributed by atoms with Gasteiger partial charge in [-0.25, -0.2) is 0 Å². The van der Waals surface area contributed by atoms with Gasteiger partial charge in [-0.3, -0.25) is 4.79 Å². The Morgan fingerprint density at radius 3 is 3.06 bits per heavy atom. The highest BCUT2D eigenvalue weighted by molar-refractivity contribution is 9.10. The molecule has 1 amide bonds. The lowest BCUT2D eigenvalue weighted by Gasteiger charge is -2.07. The van der Waals surface area contributed by atoms with Gasteiger partial charge >= 0.3 is 0 Å². The van der Waals surface area contributed by atoms with E-state index in [4.69, 9.17) is 5.11 Å². The van der Waals surface area contributed by atoms with E-state index < -0.39 is 0 Å². The van der Waals surface area contributed by atoms with Crippen LogP contribution in [-0.4, -0.2) is 29.1 Å². The van der Waals surface area contributed by atoms with E-state index in [0.717, 1.165) is 15.1 Å². The molecular formula is C11H16BrNO2S2. The summed E-state index contributed by atoms with van der Waals surface area (Å²) < 4.78 is 1.05. The number of thiophene rings is 1. The van der Waals surface area contributed by atoms with Crippen molar-refractivity contribution in [3.05, 3.63) is 20.8 Å². The average Bonchev–Trinajstić information content (AvgIpc) is 2.72. The summed E-state index contributed by atoms with van der Waals surface area (Å²) in [6, 6.07) is 2.01. The van der Waals surface area contributed by atoms with Gasteiger partial charge in [0.05, 0.1) is 12.3 Å². The molecule has 0 aromatic carbocycles. The lowest BCUT2D eigenvalue weighted by atomic mass is 10.2. The molecule has 2 N–H and O–H groups in total. The lowest BCUT2D eigenvalue weighted by molar-refractivity contribution is -0.118. The Morgan fingerprint density at radius 2 is 2.47 bits per heavy atom. The average molecular weight is 338 g/mol. The van der Waals surface area contributed by atoms with Crippen LogP contribution in [0.2, 0.25) is 0 Å². The molecule has 17 heavy (non-hydrogen) atoms. The van der Waals surface area contributed by atoms with Crippen LogP contribution in [0.4, 0.5) is 0 Å². The molecule has 1 heterocycles. The maximum absolute atomic E-state index is 11.5. The van der Waals surface area contributed by atoms with Crippen molar-refractivity contribution in [1.82, 2.24) is 5.32 Å². The molecule has 0 bridgehead atoms. The predicted molar refractivity (Wildman–Crippen MR) is 77.4 cm³/mol. The van der Waals surface area contributed by atoms with Crippen LogP contribution in [0, 0.1) is 5.92 Å². The van der Waals surface area contributed by atoms with Crippen molar-refractivity contribution in [3.63, 3.8) is 0 Å². The summed E-state index contributed by atoms with van der Waals surface area (Å²) in [7, 11) is 0. The molecule has 0 radical (unpaired) electrons. The SMILES string of the molecule is CC(CO)CSCC(=O)NCc1cc(Br)cs1. The van der Waals surface area contributed by atoms with Crippen LogP contribution in [0.5, 0.6) is 0 Å². The minimum Gasteiger partial charge on any atom is -0.396 e. The van der Waals surface area contributed by atoms with Gasteiger partial charge in [0, 0.05) is 21.3 Å². The second-order valence-electron chi connectivity index (χ2n) is 3.81. The van der Waals surface area contributed by atoms with Gasteiger partial charge in [0.25, 0.3) is 0 Å². The van der Waals surface area contributed by atoms with Crippen LogP contribution in [0.25, 0.3) is 0 Å². The normalized spacial score (nSPS) is 12.4. The monoisotopic (exact) mass is 337 g/mol. The Labute approximate surface area is 118 Å². The smallest absolute Gasteiger partial charge is 0.230 e. The molecule has 0 saturated carbocycles. The van der Waals surface area contributed by atoms with Crippen LogP contribution >= 0.6 is 39.0 Å². The molecular weight excluding hydrogens is 322 g/mol. The molecule has 0 saturated heterocycles.